The number of ether oxygens (including phenoxy) is 2. The SMILES string of the molecule is COc1ccc(NC(=O)[C@@H](C)OC(=O)[C@H](C)NC(=O)/C=C/c2ccccc2)cc1. The molecule has 0 aliphatic rings. The molecule has 2 N–H and O–H groups in total. The fourth-order valence-corrected chi connectivity index (χ4v) is 2.30. The van der Waals surface area contributed by atoms with E-state index in [-0.39, 0.29) is 0 Å². The summed E-state index contributed by atoms with van der Waals surface area (Å²) in [5.41, 5.74) is 1.41. The van der Waals surface area contributed by atoms with Crippen LogP contribution in [0.1, 0.15) is 19.4 Å². The number of carbonyl (C=O) groups is 3. The van der Waals surface area contributed by atoms with Gasteiger partial charge >= 0.3 is 5.97 Å². The van der Waals surface area contributed by atoms with Gasteiger partial charge in [-0.3, -0.25) is 9.59 Å². The standard InChI is InChI=1S/C22H24N2O5/c1-15(23-20(25)14-9-17-7-5-4-6-8-17)22(27)29-16(2)21(26)24-18-10-12-19(28-3)13-11-18/h4-16H,1-3H3,(H,23,25)(H,24,26)/b14-9+/t15-,16+/m0/s1. The molecule has 0 bridgehead atoms. The molecular weight excluding hydrogens is 372 g/mol. The number of benzene rings is 2. The van der Waals surface area contributed by atoms with Crippen LogP contribution >= 0.6 is 0 Å². The Morgan fingerprint density at radius 1 is 0.966 bits per heavy atom. The van der Waals surface area contributed by atoms with E-state index in [1.165, 1.54) is 19.9 Å². The normalized spacial score (nSPS) is 12.7. The van der Waals surface area contributed by atoms with Crippen LogP contribution in [-0.2, 0) is 19.1 Å². The molecule has 2 aromatic rings. The molecule has 0 saturated carbocycles. The minimum atomic E-state index is -1.02. The van der Waals surface area contributed by atoms with Crippen molar-refractivity contribution in [2.24, 2.45) is 0 Å². The Bertz CT molecular complexity index is 863. The maximum Gasteiger partial charge on any atom is 0.329 e. The first-order valence-corrected chi connectivity index (χ1v) is 9.08. The summed E-state index contributed by atoms with van der Waals surface area (Å²) in [6.45, 7) is 2.95. The highest BCUT2D eigenvalue weighted by Gasteiger charge is 2.22. The van der Waals surface area contributed by atoms with Gasteiger partial charge in [-0.2, -0.15) is 0 Å². The van der Waals surface area contributed by atoms with Gasteiger partial charge in [-0.1, -0.05) is 30.3 Å². The van der Waals surface area contributed by atoms with E-state index in [1.54, 1.807) is 37.5 Å². The van der Waals surface area contributed by atoms with E-state index < -0.39 is 29.9 Å². The van der Waals surface area contributed by atoms with Crippen LogP contribution in [0, 0.1) is 0 Å². The van der Waals surface area contributed by atoms with Gasteiger partial charge in [-0.05, 0) is 49.8 Å². The number of hydrogen-bond donors (Lipinski definition) is 2. The number of rotatable bonds is 8. The average molecular weight is 396 g/mol. The molecule has 2 aromatic carbocycles. The van der Waals surface area contributed by atoms with Crippen LogP contribution < -0.4 is 15.4 Å². The average Bonchev–Trinajstić information content (AvgIpc) is 2.73. The van der Waals surface area contributed by atoms with Gasteiger partial charge in [0.25, 0.3) is 5.91 Å². The molecule has 7 heteroatoms. The van der Waals surface area contributed by atoms with E-state index in [0.717, 1.165) is 5.56 Å². The first-order valence-electron chi connectivity index (χ1n) is 9.08. The van der Waals surface area contributed by atoms with Gasteiger partial charge in [0.1, 0.15) is 11.8 Å². The molecule has 0 aromatic heterocycles. The molecule has 152 valence electrons. The Labute approximate surface area is 169 Å². The lowest BCUT2D eigenvalue weighted by atomic mass is 10.2. The topological polar surface area (TPSA) is 93.7 Å². The number of hydrogen-bond acceptors (Lipinski definition) is 5. The zero-order valence-electron chi connectivity index (χ0n) is 16.5. The summed E-state index contributed by atoms with van der Waals surface area (Å²) in [5, 5.41) is 5.16. The predicted octanol–water partition coefficient (Wildman–Crippen LogP) is 2.78. The molecule has 0 aliphatic heterocycles. The van der Waals surface area contributed by atoms with Crippen molar-refractivity contribution in [2.75, 3.05) is 12.4 Å². The van der Waals surface area contributed by atoms with Crippen molar-refractivity contribution < 1.29 is 23.9 Å². The Hall–Kier alpha value is -3.61. The van der Waals surface area contributed by atoms with Crippen molar-refractivity contribution in [3.8, 4) is 5.75 Å². The Morgan fingerprint density at radius 2 is 1.62 bits per heavy atom. The Balaban J connectivity index is 1.81. The molecule has 0 heterocycles. The monoisotopic (exact) mass is 396 g/mol. The molecular formula is C22H24N2O5. The molecule has 0 fully saturated rings. The van der Waals surface area contributed by atoms with E-state index in [4.69, 9.17) is 9.47 Å². The van der Waals surface area contributed by atoms with Crippen LogP contribution in [0.25, 0.3) is 6.08 Å². The molecule has 2 rings (SSSR count). The Kier molecular flexibility index (Phi) is 7.97. The van der Waals surface area contributed by atoms with Gasteiger partial charge in [0.15, 0.2) is 6.10 Å². The number of methoxy groups -OCH3 is 1. The van der Waals surface area contributed by atoms with Crippen molar-refractivity contribution in [3.63, 3.8) is 0 Å². The second-order valence-corrected chi connectivity index (χ2v) is 6.27. The first-order chi connectivity index (χ1) is 13.9. The summed E-state index contributed by atoms with van der Waals surface area (Å²) < 4.78 is 10.2. The highest BCUT2D eigenvalue weighted by atomic mass is 16.5. The molecule has 2 amide bonds. The second kappa shape index (κ2) is 10.7. The van der Waals surface area contributed by atoms with Gasteiger partial charge in [0, 0.05) is 11.8 Å². The van der Waals surface area contributed by atoms with Gasteiger partial charge in [-0.15, -0.1) is 0 Å². The lowest BCUT2D eigenvalue weighted by molar-refractivity contribution is -0.155. The number of anilines is 1. The smallest absolute Gasteiger partial charge is 0.329 e. The zero-order valence-corrected chi connectivity index (χ0v) is 16.5. The van der Waals surface area contributed by atoms with Crippen LogP contribution in [0.5, 0.6) is 5.75 Å². The molecule has 0 aliphatic carbocycles. The minimum absolute atomic E-state index is 0.436. The summed E-state index contributed by atoms with van der Waals surface area (Å²) in [7, 11) is 1.55. The number of esters is 1. The summed E-state index contributed by atoms with van der Waals surface area (Å²) in [6, 6.07) is 15.1. The van der Waals surface area contributed by atoms with Crippen LogP contribution in [0.15, 0.2) is 60.7 Å². The van der Waals surface area contributed by atoms with E-state index in [0.29, 0.717) is 11.4 Å². The van der Waals surface area contributed by atoms with Gasteiger partial charge in [0.2, 0.25) is 5.91 Å². The summed E-state index contributed by atoms with van der Waals surface area (Å²) in [4.78, 5) is 36.3. The number of nitrogens with one attached hydrogen (secondary N) is 2. The third-order valence-electron chi connectivity index (χ3n) is 3.96. The summed E-state index contributed by atoms with van der Waals surface area (Å²) >= 11 is 0. The van der Waals surface area contributed by atoms with Crippen molar-refractivity contribution in [3.05, 3.63) is 66.2 Å². The van der Waals surface area contributed by atoms with Gasteiger partial charge < -0.3 is 20.1 Å². The first kappa shape index (κ1) is 21.7. The predicted molar refractivity (Wildman–Crippen MR) is 110 cm³/mol. The maximum atomic E-state index is 12.2. The highest BCUT2D eigenvalue weighted by Crippen LogP contribution is 2.15. The summed E-state index contributed by atoms with van der Waals surface area (Å²) in [5.74, 6) is -0.961. The fraction of sp³-hybridized carbons (Fsp3) is 0.227. The van der Waals surface area contributed by atoms with Crippen LogP contribution in [0.2, 0.25) is 0 Å². The van der Waals surface area contributed by atoms with E-state index in [1.807, 2.05) is 30.3 Å². The maximum absolute atomic E-state index is 12.2. The zero-order chi connectivity index (χ0) is 21.2. The second-order valence-electron chi connectivity index (χ2n) is 6.27. The molecule has 0 spiro atoms. The Morgan fingerprint density at radius 3 is 2.24 bits per heavy atom. The summed E-state index contributed by atoms with van der Waals surface area (Å²) in [6.07, 6.45) is 1.95. The van der Waals surface area contributed by atoms with Crippen LogP contribution in [-0.4, -0.2) is 37.0 Å². The molecule has 2 atom stereocenters. The molecule has 0 saturated heterocycles. The largest absolute Gasteiger partial charge is 0.497 e. The van der Waals surface area contributed by atoms with Gasteiger partial charge in [0.05, 0.1) is 7.11 Å². The minimum Gasteiger partial charge on any atom is -0.497 e. The number of carbonyl (C=O) groups excluding carboxylic acids is 3. The van der Waals surface area contributed by atoms with E-state index in [2.05, 4.69) is 10.6 Å². The van der Waals surface area contributed by atoms with Crippen molar-refractivity contribution in [1.82, 2.24) is 5.32 Å². The fourth-order valence-electron chi connectivity index (χ4n) is 2.30. The van der Waals surface area contributed by atoms with E-state index in [9.17, 15) is 14.4 Å². The van der Waals surface area contributed by atoms with Crippen LogP contribution in [0.3, 0.4) is 0 Å². The molecule has 7 nitrogen and oxygen atoms in total. The van der Waals surface area contributed by atoms with Gasteiger partial charge in [-0.25, -0.2) is 4.79 Å². The molecule has 29 heavy (non-hydrogen) atoms. The lowest BCUT2D eigenvalue weighted by Gasteiger charge is -2.17. The van der Waals surface area contributed by atoms with Crippen LogP contribution in [0.4, 0.5) is 5.69 Å². The lowest BCUT2D eigenvalue weighted by Crippen LogP contribution is -2.41. The van der Waals surface area contributed by atoms with Crippen molar-refractivity contribution >= 4 is 29.5 Å². The number of amides is 2. The third kappa shape index (κ3) is 7.14. The molecule has 0 radical (unpaired) electrons. The van der Waals surface area contributed by atoms with E-state index >= 15 is 0 Å². The third-order valence-corrected chi connectivity index (χ3v) is 3.96. The van der Waals surface area contributed by atoms with Crippen molar-refractivity contribution in [2.45, 2.75) is 26.0 Å². The highest BCUT2D eigenvalue weighted by molar-refractivity contribution is 5.97. The van der Waals surface area contributed by atoms with Crippen molar-refractivity contribution in [1.29, 1.82) is 0 Å². The quantitative estimate of drug-likeness (QED) is 0.529. The molecule has 0 unspecified atom stereocenters.